The van der Waals surface area contributed by atoms with E-state index in [1.165, 1.54) is 0 Å². The Labute approximate surface area is 141 Å². The molecule has 0 radical (unpaired) electrons. The molecule has 1 aromatic heterocycles. The molecule has 0 aliphatic rings. The quantitative estimate of drug-likeness (QED) is 0.773. The first-order valence-corrected chi connectivity index (χ1v) is 7.86. The number of hydrogen-bond acceptors (Lipinski definition) is 2. The molecule has 4 heteroatoms. The van der Waals surface area contributed by atoms with Gasteiger partial charge in [0.25, 0.3) is 5.91 Å². The van der Waals surface area contributed by atoms with Crippen LogP contribution in [-0.4, -0.2) is 17.6 Å². The Kier molecular flexibility index (Phi) is 4.66. The van der Waals surface area contributed by atoms with E-state index in [1.54, 1.807) is 7.11 Å². The van der Waals surface area contributed by atoms with Crippen molar-refractivity contribution in [3.63, 3.8) is 0 Å². The van der Waals surface area contributed by atoms with Gasteiger partial charge in [0.2, 0.25) is 0 Å². The van der Waals surface area contributed by atoms with Crippen molar-refractivity contribution in [1.82, 2.24) is 9.88 Å². The molecule has 4 nitrogen and oxygen atoms in total. The zero-order valence-electron chi connectivity index (χ0n) is 13.8. The van der Waals surface area contributed by atoms with E-state index in [2.05, 4.69) is 5.32 Å². The lowest BCUT2D eigenvalue weighted by molar-refractivity contribution is 0.0939. The summed E-state index contributed by atoms with van der Waals surface area (Å²) in [6.45, 7) is 1.95. The fourth-order valence-electron chi connectivity index (χ4n) is 2.67. The van der Waals surface area contributed by atoms with Crippen molar-refractivity contribution in [2.45, 2.75) is 13.0 Å². The number of aromatic nitrogens is 1. The predicted octanol–water partition coefficient (Wildman–Crippen LogP) is 3.98. The highest BCUT2D eigenvalue weighted by atomic mass is 16.5. The molecule has 0 bridgehead atoms. The summed E-state index contributed by atoms with van der Waals surface area (Å²) >= 11 is 0. The van der Waals surface area contributed by atoms with E-state index >= 15 is 0 Å². The summed E-state index contributed by atoms with van der Waals surface area (Å²) in [6.07, 6.45) is 3.94. The summed E-state index contributed by atoms with van der Waals surface area (Å²) in [7, 11) is 1.63. The Morgan fingerprint density at radius 2 is 1.67 bits per heavy atom. The van der Waals surface area contributed by atoms with Crippen LogP contribution in [0.15, 0.2) is 73.1 Å². The van der Waals surface area contributed by atoms with Crippen LogP contribution < -0.4 is 10.1 Å². The lowest BCUT2D eigenvalue weighted by atomic mass is 10.1. The minimum Gasteiger partial charge on any atom is -0.496 e. The van der Waals surface area contributed by atoms with Crippen molar-refractivity contribution in [3.05, 3.63) is 84.2 Å². The largest absolute Gasteiger partial charge is 0.496 e. The second-order valence-electron chi connectivity index (χ2n) is 5.57. The zero-order chi connectivity index (χ0) is 16.9. The summed E-state index contributed by atoms with van der Waals surface area (Å²) in [4.78, 5) is 12.5. The van der Waals surface area contributed by atoms with E-state index in [0.717, 1.165) is 17.0 Å². The number of carbonyl (C=O) groups excluding carboxylic acids is 1. The lowest BCUT2D eigenvalue weighted by Gasteiger charge is -2.17. The second kappa shape index (κ2) is 7.04. The SMILES string of the molecule is COc1ccccc1C(C)NC(=O)c1ccc(-n2cccc2)cc1. The maximum atomic E-state index is 12.5. The minimum absolute atomic E-state index is 0.104. The van der Waals surface area contributed by atoms with Crippen molar-refractivity contribution in [2.75, 3.05) is 7.11 Å². The van der Waals surface area contributed by atoms with E-state index in [-0.39, 0.29) is 11.9 Å². The summed E-state index contributed by atoms with van der Waals surface area (Å²) in [5.41, 5.74) is 2.61. The summed E-state index contributed by atoms with van der Waals surface area (Å²) in [6, 6.07) is 19.0. The third-order valence-corrected chi connectivity index (χ3v) is 3.99. The van der Waals surface area contributed by atoms with Crippen LogP contribution >= 0.6 is 0 Å². The van der Waals surface area contributed by atoms with E-state index in [4.69, 9.17) is 4.74 Å². The molecule has 1 amide bonds. The highest BCUT2D eigenvalue weighted by molar-refractivity contribution is 5.94. The number of nitrogens with zero attached hydrogens (tertiary/aromatic N) is 1. The monoisotopic (exact) mass is 320 g/mol. The predicted molar refractivity (Wildman–Crippen MR) is 94.6 cm³/mol. The average molecular weight is 320 g/mol. The van der Waals surface area contributed by atoms with Gasteiger partial charge < -0.3 is 14.6 Å². The van der Waals surface area contributed by atoms with Crippen molar-refractivity contribution in [2.24, 2.45) is 0 Å². The van der Waals surface area contributed by atoms with Gasteiger partial charge in [0.15, 0.2) is 0 Å². The Balaban J connectivity index is 1.72. The highest BCUT2D eigenvalue weighted by Gasteiger charge is 2.14. The Hall–Kier alpha value is -3.01. The Bertz CT molecular complexity index is 808. The molecule has 3 rings (SSSR count). The van der Waals surface area contributed by atoms with Crippen LogP contribution in [-0.2, 0) is 0 Å². The minimum atomic E-state index is -0.141. The van der Waals surface area contributed by atoms with Gasteiger partial charge >= 0.3 is 0 Å². The normalized spacial score (nSPS) is 11.8. The zero-order valence-corrected chi connectivity index (χ0v) is 13.8. The third-order valence-electron chi connectivity index (χ3n) is 3.99. The molecule has 1 heterocycles. The van der Waals surface area contributed by atoms with Gasteiger partial charge in [-0.15, -0.1) is 0 Å². The van der Waals surface area contributed by atoms with Gasteiger partial charge in [-0.05, 0) is 49.4 Å². The number of rotatable bonds is 5. The molecule has 0 saturated heterocycles. The number of hydrogen-bond donors (Lipinski definition) is 1. The summed E-state index contributed by atoms with van der Waals surface area (Å²) < 4.78 is 7.36. The molecule has 1 unspecified atom stereocenters. The maximum Gasteiger partial charge on any atom is 0.251 e. The first kappa shape index (κ1) is 15.9. The number of ether oxygens (including phenoxy) is 1. The molecule has 0 aliphatic carbocycles. The molecule has 24 heavy (non-hydrogen) atoms. The molecule has 0 spiro atoms. The molecular formula is C20H20N2O2. The molecule has 122 valence electrons. The third kappa shape index (κ3) is 3.33. The van der Waals surface area contributed by atoms with Gasteiger partial charge in [-0.1, -0.05) is 18.2 Å². The highest BCUT2D eigenvalue weighted by Crippen LogP contribution is 2.24. The van der Waals surface area contributed by atoms with Crippen LogP contribution in [0, 0.1) is 0 Å². The first-order chi connectivity index (χ1) is 11.7. The smallest absolute Gasteiger partial charge is 0.251 e. The van der Waals surface area contributed by atoms with Gasteiger partial charge in [-0.25, -0.2) is 0 Å². The molecule has 3 aromatic rings. The van der Waals surface area contributed by atoms with Gasteiger partial charge in [-0.2, -0.15) is 0 Å². The number of amides is 1. The van der Waals surface area contributed by atoms with Crippen molar-refractivity contribution in [1.29, 1.82) is 0 Å². The van der Waals surface area contributed by atoms with Crippen LogP contribution in [0.5, 0.6) is 5.75 Å². The van der Waals surface area contributed by atoms with E-state index in [0.29, 0.717) is 5.56 Å². The number of para-hydroxylation sites is 1. The molecule has 0 saturated carbocycles. The molecule has 1 atom stereocenters. The number of methoxy groups -OCH3 is 1. The van der Waals surface area contributed by atoms with Crippen LogP contribution in [0.1, 0.15) is 28.9 Å². The Morgan fingerprint density at radius 1 is 1.00 bits per heavy atom. The van der Waals surface area contributed by atoms with Gasteiger partial charge in [-0.3, -0.25) is 4.79 Å². The van der Waals surface area contributed by atoms with Crippen LogP contribution in [0.3, 0.4) is 0 Å². The van der Waals surface area contributed by atoms with Crippen molar-refractivity contribution < 1.29 is 9.53 Å². The van der Waals surface area contributed by atoms with Crippen molar-refractivity contribution >= 4 is 5.91 Å². The molecule has 2 aromatic carbocycles. The molecule has 1 N–H and O–H groups in total. The van der Waals surface area contributed by atoms with Crippen LogP contribution in [0.4, 0.5) is 0 Å². The number of benzene rings is 2. The molecule has 0 fully saturated rings. The van der Waals surface area contributed by atoms with Gasteiger partial charge in [0.1, 0.15) is 5.75 Å². The van der Waals surface area contributed by atoms with E-state index in [9.17, 15) is 4.79 Å². The topological polar surface area (TPSA) is 43.3 Å². The van der Waals surface area contributed by atoms with Crippen molar-refractivity contribution in [3.8, 4) is 11.4 Å². The fraction of sp³-hybridized carbons (Fsp3) is 0.150. The number of nitrogens with one attached hydrogen (secondary N) is 1. The summed E-state index contributed by atoms with van der Waals surface area (Å²) in [5.74, 6) is 0.667. The number of carbonyl (C=O) groups is 1. The van der Waals surface area contributed by atoms with Crippen LogP contribution in [0.2, 0.25) is 0 Å². The van der Waals surface area contributed by atoms with E-state index in [1.807, 2.05) is 84.5 Å². The summed E-state index contributed by atoms with van der Waals surface area (Å²) in [5, 5.41) is 3.02. The average Bonchev–Trinajstić information content (AvgIpc) is 3.16. The standard InChI is InChI=1S/C20H20N2O2/c1-15(18-7-3-4-8-19(18)24-2)21-20(23)16-9-11-17(12-10-16)22-13-5-6-14-22/h3-15H,1-2H3,(H,21,23). The van der Waals surface area contributed by atoms with E-state index < -0.39 is 0 Å². The lowest BCUT2D eigenvalue weighted by Crippen LogP contribution is -2.26. The van der Waals surface area contributed by atoms with Gasteiger partial charge in [0.05, 0.1) is 13.2 Å². The maximum absolute atomic E-state index is 12.5. The van der Waals surface area contributed by atoms with Crippen LogP contribution in [0.25, 0.3) is 5.69 Å². The second-order valence-corrected chi connectivity index (χ2v) is 5.57. The van der Waals surface area contributed by atoms with Gasteiger partial charge in [0, 0.05) is 29.2 Å². The fourth-order valence-corrected chi connectivity index (χ4v) is 2.67. The first-order valence-electron chi connectivity index (χ1n) is 7.86. The molecular weight excluding hydrogens is 300 g/mol. The molecule has 0 aliphatic heterocycles. The Morgan fingerprint density at radius 3 is 2.33 bits per heavy atom.